The van der Waals surface area contributed by atoms with E-state index in [0.29, 0.717) is 0 Å². The molecule has 0 aliphatic carbocycles. The summed E-state index contributed by atoms with van der Waals surface area (Å²) in [5.74, 6) is 0. The molecule has 0 amide bonds. The second-order valence-corrected chi connectivity index (χ2v) is 3.16. The number of hydrogen-bond donors (Lipinski definition) is 0. The van der Waals surface area contributed by atoms with E-state index in [-0.39, 0.29) is 0 Å². The van der Waals surface area contributed by atoms with Crippen molar-refractivity contribution in [3.05, 3.63) is 48.0 Å². The lowest BCUT2D eigenvalue weighted by atomic mass is 10.1. The lowest BCUT2D eigenvalue weighted by Crippen LogP contribution is -1.96. The molecule has 0 spiro atoms. The van der Waals surface area contributed by atoms with Gasteiger partial charge in [-0.2, -0.15) is 0 Å². The topological polar surface area (TPSA) is 14.1 Å². The summed E-state index contributed by atoms with van der Waals surface area (Å²) in [4.78, 5) is 0. The zero-order chi connectivity index (χ0) is 9.10. The Bertz CT molecular complexity index is 407. The number of hydrogen-bond acceptors (Lipinski definition) is 0. The highest BCUT2D eigenvalue weighted by Crippen LogP contribution is 2.15. The fourth-order valence-electron chi connectivity index (χ4n) is 1.52. The van der Waals surface area contributed by atoms with Crippen molar-refractivity contribution in [1.29, 1.82) is 0 Å². The van der Waals surface area contributed by atoms with Crippen molar-refractivity contribution in [2.75, 3.05) is 7.05 Å². The first-order valence-electron chi connectivity index (χ1n) is 4.43. The molecule has 1 heteroatoms. The van der Waals surface area contributed by atoms with Crippen LogP contribution in [0.2, 0.25) is 0 Å². The molecule has 2 aromatic carbocycles. The first kappa shape index (κ1) is 8.27. The van der Waals surface area contributed by atoms with Crippen LogP contribution in [0.3, 0.4) is 0 Å². The maximum Gasteiger partial charge on any atom is 0.0381 e. The Hall–Kier alpha value is -1.34. The normalized spacial score (nSPS) is 10.5. The SMILES string of the molecule is C[N]Cc1ccc2ccccc2c1. The van der Waals surface area contributed by atoms with Gasteiger partial charge in [-0.25, -0.2) is 5.32 Å². The van der Waals surface area contributed by atoms with Gasteiger partial charge in [-0.15, -0.1) is 0 Å². The Morgan fingerprint density at radius 1 is 1.00 bits per heavy atom. The van der Waals surface area contributed by atoms with E-state index in [4.69, 9.17) is 0 Å². The fraction of sp³-hybridized carbons (Fsp3) is 0.167. The van der Waals surface area contributed by atoms with Crippen molar-refractivity contribution in [1.82, 2.24) is 5.32 Å². The van der Waals surface area contributed by atoms with E-state index in [1.807, 2.05) is 7.05 Å². The van der Waals surface area contributed by atoms with E-state index in [9.17, 15) is 0 Å². The molecule has 0 saturated heterocycles. The Labute approximate surface area is 78.4 Å². The van der Waals surface area contributed by atoms with Gasteiger partial charge in [-0.3, -0.25) is 0 Å². The molecule has 0 aromatic heterocycles. The van der Waals surface area contributed by atoms with Gasteiger partial charge >= 0.3 is 0 Å². The minimum atomic E-state index is 0.810. The highest BCUT2D eigenvalue weighted by atomic mass is 14.8. The third-order valence-corrected chi connectivity index (χ3v) is 2.15. The van der Waals surface area contributed by atoms with Crippen LogP contribution < -0.4 is 5.32 Å². The molecule has 0 aliphatic heterocycles. The minimum absolute atomic E-state index is 0.810. The number of rotatable bonds is 2. The molecule has 1 radical (unpaired) electrons. The Balaban J connectivity index is 2.49. The van der Waals surface area contributed by atoms with Crippen LogP contribution in [0.5, 0.6) is 0 Å². The quantitative estimate of drug-likeness (QED) is 0.657. The van der Waals surface area contributed by atoms with Crippen LogP contribution in [-0.2, 0) is 6.54 Å². The summed E-state index contributed by atoms with van der Waals surface area (Å²) >= 11 is 0. The van der Waals surface area contributed by atoms with Crippen molar-refractivity contribution in [3.63, 3.8) is 0 Å². The van der Waals surface area contributed by atoms with Crippen molar-refractivity contribution >= 4 is 10.8 Å². The molecular weight excluding hydrogens is 158 g/mol. The van der Waals surface area contributed by atoms with Gasteiger partial charge in [-0.05, 0) is 22.4 Å². The smallest absolute Gasteiger partial charge is 0.0381 e. The summed E-state index contributed by atoms with van der Waals surface area (Å²) in [6.45, 7) is 0.810. The molecule has 1 nitrogen and oxygen atoms in total. The number of nitrogens with zero attached hydrogens (tertiary/aromatic N) is 1. The van der Waals surface area contributed by atoms with E-state index >= 15 is 0 Å². The van der Waals surface area contributed by atoms with E-state index in [1.165, 1.54) is 16.3 Å². The summed E-state index contributed by atoms with van der Waals surface area (Å²) in [5.41, 5.74) is 1.28. The summed E-state index contributed by atoms with van der Waals surface area (Å²) < 4.78 is 0. The van der Waals surface area contributed by atoms with Crippen molar-refractivity contribution < 1.29 is 0 Å². The largest absolute Gasteiger partial charge is 0.240 e. The van der Waals surface area contributed by atoms with E-state index < -0.39 is 0 Å². The van der Waals surface area contributed by atoms with Crippen LogP contribution in [0.25, 0.3) is 10.8 Å². The van der Waals surface area contributed by atoms with Gasteiger partial charge in [0.1, 0.15) is 0 Å². The average Bonchev–Trinajstić information content (AvgIpc) is 2.18. The van der Waals surface area contributed by atoms with Gasteiger partial charge in [0.2, 0.25) is 0 Å². The highest BCUT2D eigenvalue weighted by Gasteiger charge is 1.94. The molecule has 0 atom stereocenters. The monoisotopic (exact) mass is 170 g/mol. The van der Waals surface area contributed by atoms with Crippen LogP contribution in [0, 0.1) is 0 Å². The Morgan fingerprint density at radius 3 is 2.54 bits per heavy atom. The van der Waals surface area contributed by atoms with Gasteiger partial charge in [0.25, 0.3) is 0 Å². The zero-order valence-corrected chi connectivity index (χ0v) is 7.70. The third kappa shape index (κ3) is 1.70. The van der Waals surface area contributed by atoms with Gasteiger partial charge in [0, 0.05) is 13.6 Å². The fourth-order valence-corrected chi connectivity index (χ4v) is 1.52. The predicted molar refractivity (Wildman–Crippen MR) is 55.7 cm³/mol. The van der Waals surface area contributed by atoms with Gasteiger partial charge in [0.05, 0.1) is 0 Å². The van der Waals surface area contributed by atoms with Crippen LogP contribution in [0.1, 0.15) is 5.56 Å². The van der Waals surface area contributed by atoms with Crippen molar-refractivity contribution in [2.45, 2.75) is 6.54 Å². The first-order valence-corrected chi connectivity index (χ1v) is 4.43. The Morgan fingerprint density at radius 2 is 1.77 bits per heavy atom. The van der Waals surface area contributed by atoms with E-state index in [2.05, 4.69) is 47.8 Å². The summed E-state index contributed by atoms with van der Waals surface area (Å²) in [6, 6.07) is 14.9. The summed E-state index contributed by atoms with van der Waals surface area (Å²) in [6.07, 6.45) is 0. The highest BCUT2D eigenvalue weighted by molar-refractivity contribution is 5.82. The molecule has 0 bridgehead atoms. The van der Waals surface area contributed by atoms with Crippen LogP contribution in [0.4, 0.5) is 0 Å². The molecular formula is C12H12N. The molecule has 0 heterocycles. The van der Waals surface area contributed by atoms with Crippen LogP contribution in [0.15, 0.2) is 42.5 Å². The lowest BCUT2D eigenvalue weighted by molar-refractivity contribution is 0.801. The second kappa shape index (κ2) is 3.58. The molecule has 2 rings (SSSR count). The molecule has 65 valence electrons. The number of fused-ring (bicyclic) bond motifs is 1. The number of benzene rings is 2. The zero-order valence-electron chi connectivity index (χ0n) is 7.70. The molecule has 0 fully saturated rings. The molecule has 0 unspecified atom stereocenters. The predicted octanol–water partition coefficient (Wildman–Crippen LogP) is 2.57. The average molecular weight is 170 g/mol. The molecule has 0 saturated carbocycles. The standard InChI is InChI=1S/C12H12N/c1-13-9-10-6-7-11-4-2-3-5-12(11)8-10/h2-8H,9H2,1H3. The summed E-state index contributed by atoms with van der Waals surface area (Å²) in [7, 11) is 1.84. The van der Waals surface area contributed by atoms with Crippen LogP contribution >= 0.6 is 0 Å². The molecule has 13 heavy (non-hydrogen) atoms. The first-order chi connectivity index (χ1) is 6.40. The van der Waals surface area contributed by atoms with Crippen LogP contribution in [-0.4, -0.2) is 7.05 Å². The van der Waals surface area contributed by atoms with E-state index in [0.717, 1.165) is 6.54 Å². The van der Waals surface area contributed by atoms with Gasteiger partial charge < -0.3 is 0 Å². The minimum Gasteiger partial charge on any atom is -0.240 e. The Kier molecular flexibility index (Phi) is 2.28. The van der Waals surface area contributed by atoms with Gasteiger partial charge in [0.15, 0.2) is 0 Å². The summed E-state index contributed by atoms with van der Waals surface area (Å²) in [5, 5.41) is 6.70. The second-order valence-electron chi connectivity index (χ2n) is 3.16. The van der Waals surface area contributed by atoms with Gasteiger partial charge in [-0.1, -0.05) is 36.4 Å². The maximum absolute atomic E-state index is 4.11. The van der Waals surface area contributed by atoms with Crippen molar-refractivity contribution in [3.8, 4) is 0 Å². The third-order valence-electron chi connectivity index (χ3n) is 2.15. The molecule has 2 aromatic rings. The molecule has 0 N–H and O–H groups in total. The lowest BCUT2D eigenvalue weighted by Gasteiger charge is -2.01. The maximum atomic E-state index is 4.11. The molecule has 0 aliphatic rings. The van der Waals surface area contributed by atoms with Crippen molar-refractivity contribution in [2.24, 2.45) is 0 Å². The van der Waals surface area contributed by atoms with E-state index in [1.54, 1.807) is 0 Å².